The highest BCUT2D eigenvalue weighted by Crippen LogP contribution is 2.29. The van der Waals surface area contributed by atoms with Crippen LogP contribution in [0.3, 0.4) is 0 Å². The first kappa shape index (κ1) is 11.9. The first-order chi connectivity index (χ1) is 8.15. The first-order valence-corrected chi connectivity index (χ1v) is 5.88. The zero-order valence-corrected chi connectivity index (χ0v) is 9.98. The summed E-state index contributed by atoms with van der Waals surface area (Å²) in [6, 6.07) is 8.39. The van der Waals surface area contributed by atoms with Gasteiger partial charge in [0, 0.05) is 12.6 Å². The van der Waals surface area contributed by atoms with Crippen LogP contribution in [0.1, 0.15) is 18.9 Å². The standard InChI is InChI=1S/C13H18N2O2/c1-9-6-12(9)15-7-10-2-4-11(5-3-10)17-8-13(14)16/h2-5,9,12,15H,6-8H2,1H3,(H2,14,16). The molecule has 0 heterocycles. The molecule has 4 heteroatoms. The Balaban J connectivity index is 1.78. The fourth-order valence-electron chi connectivity index (χ4n) is 1.71. The van der Waals surface area contributed by atoms with Gasteiger partial charge in [-0.25, -0.2) is 0 Å². The predicted molar refractivity (Wildman–Crippen MR) is 65.5 cm³/mol. The van der Waals surface area contributed by atoms with Crippen molar-refractivity contribution in [3.05, 3.63) is 29.8 Å². The second kappa shape index (κ2) is 5.19. The van der Waals surface area contributed by atoms with Crippen LogP contribution in [0.25, 0.3) is 0 Å². The van der Waals surface area contributed by atoms with E-state index in [9.17, 15) is 4.79 Å². The quantitative estimate of drug-likeness (QED) is 0.773. The number of primary amides is 1. The van der Waals surface area contributed by atoms with Crippen molar-refractivity contribution in [1.29, 1.82) is 0 Å². The number of nitrogens with two attached hydrogens (primary N) is 1. The molecule has 2 atom stereocenters. The van der Waals surface area contributed by atoms with Gasteiger partial charge in [-0.2, -0.15) is 0 Å². The van der Waals surface area contributed by atoms with Crippen LogP contribution in [0.4, 0.5) is 0 Å². The van der Waals surface area contributed by atoms with Crippen LogP contribution in [0.15, 0.2) is 24.3 Å². The second-order valence-electron chi connectivity index (χ2n) is 4.60. The number of amides is 1. The lowest BCUT2D eigenvalue weighted by Gasteiger charge is -2.06. The Morgan fingerprint density at radius 2 is 2.12 bits per heavy atom. The molecule has 1 aromatic carbocycles. The number of rotatable bonds is 6. The second-order valence-corrected chi connectivity index (χ2v) is 4.60. The molecule has 2 rings (SSSR count). The van der Waals surface area contributed by atoms with E-state index in [1.165, 1.54) is 12.0 Å². The molecule has 0 saturated heterocycles. The predicted octanol–water partition coefficient (Wildman–Crippen LogP) is 1.05. The van der Waals surface area contributed by atoms with Gasteiger partial charge >= 0.3 is 0 Å². The molecule has 0 bridgehead atoms. The van der Waals surface area contributed by atoms with Crippen molar-refractivity contribution in [3.63, 3.8) is 0 Å². The van der Waals surface area contributed by atoms with E-state index in [0.717, 1.165) is 12.5 Å². The van der Waals surface area contributed by atoms with Gasteiger partial charge in [0.2, 0.25) is 0 Å². The van der Waals surface area contributed by atoms with Gasteiger partial charge in [-0.05, 0) is 30.0 Å². The number of hydrogen-bond acceptors (Lipinski definition) is 3. The lowest BCUT2D eigenvalue weighted by Crippen LogP contribution is -2.20. The van der Waals surface area contributed by atoms with Crippen molar-refractivity contribution in [2.24, 2.45) is 11.7 Å². The number of nitrogens with one attached hydrogen (secondary N) is 1. The summed E-state index contributed by atoms with van der Waals surface area (Å²) in [5, 5.41) is 3.48. The van der Waals surface area contributed by atoms with E-state index in [1.807, 2.05) is 24.3 Å². The topological polar surface area (TPSA) is 64.3 Å². The monoisotopic (exact) mass is 234 g/mol. The van der Waals surface area contributed by atoms with Crippen molar-refractivity contribution >= 4 is 5.91 Å². The molecule has 0 aromatic heterocycles. The summed E-state index contributed by atoms with van der Waals surface area (Å²) in [4.78, 5) is 10.5. The van der Waals surface area contributed by atoms with Gasteiger partial charge < -0.3 is 15.8 Å². The summed E-state index contributed by atoms with van der Waals surface area (Å²) in [6.07, 6.45) is 1.28. The molecule has 17 heavy (non-hydrogen) atoms. The Kier molecular flexibility index (Phi) is 3.64. The number of ether oxygens (including phenoxy) is 1. The van der Waals surface area contributed by atoms with Crippen molar-refractivity contribution < 1.29 is 9.53 Å². The third-order valence-corrected chi connectivity index (χ3v) is 2.98. The lowest BCUT2D eigenvalue weighted by atomic mass is 10.2. The van der Waals surface area contributed by atoms with Gasteiger partial charge in [0.05, 0.1) is 0 Å². The molecule has 0 spiro atoms. The van der Waals surface area contributed by atoms with Gasteiger partial charge in [0.25, 0.3) is 5.91 Å². The molecule has 1 aliphatic rings. The van der Waals surface area contributed by atoms with E-state index in [2.05, 4.69) is 12.2 Å². The molecular formula is C13H18N2O2. The molecule has 1 fully saturated rings. The highest BCUT2D eigenvalue weighted by molar-refractivity contribution is 5.75. The van der Waals surface area contributed by atoms with E-state index in [-0.39, 0.29) is 6.61 Å². The SMILES string of the molecule is CC1CC1NCc1ccc(OCC(N)=O)cc1. The van der Waals surface area contributed by atoms with Crippen molar-refractivity contribution in [2.45, 2.75) is 25.9 Å². The summed E-state index contributed by atoms with van der Waals surface area (Å²) < 4.78 is 5.18. The lowest BCUT2D eigenvalue weighted by molar-refractivity contribution is -0.119. The number of hydrogen-bond donors (Lipinski definition) is 2. The van der Waals surface area contributed by atoms with Crippen molar-refractivity contribution in [1.82, 2.24) is 5.32 Å². The fourth-order valence-corrected chi connectivity index (χ4v) is 1.71. The summed E-state index contributed by atoms with van der Waals surface area (Å²) in [6.45, 7) is 3.06. The van der Waals surface area contributed by atoms with Crippen LogP contribution in [0, 0.1) is 5.92 Å². The number of carbonyl (C=O) groups is 1. The van der Waals surface area contributed by atoms with Gasteiger partial charge in [0.1, 0.15) is 5.75 Å². The van der Waals surface area contributed by atoms with E-state index >= 15 is 0 Å². The maximum absolute atomic E-state index is 10.5. The normalized spacial score (nSPS) is 22.2. The average molecular weight is 234 g/mol. The minimum absolute atomic E-state index is 0.0722. The fraction of sp³-hybridized carbons (Fsp3) is 0.462. The molecule has 0 aliphatic heterocycles. The van der Waals surface area contributed by atoms with Crippen molar-refractivity contribution in [3.8, 4) is 5.75 Å². The molecular weight excluding hydrogens is 216 g/mol. The van der Waals surface area contributed by atoms with Crippen LogP contribution >= 0.6 is 0 Å². The zero-order valence-electron chi connectivity index (χ0n) is 9.98. The summed E-state index contributed by atoms with van der Waals surface area (Å²) in [5.41, 5.74) is 6.22. The molecule has 1 aromatic rings. The van der Waals surface area contributed by atoms with E-state index in [4.69, 9.17) is 10.5 Å². The summed E-state index contributed by atoms with van der Waals surface area (Å²) >= 11 is 0. The highest BCUT2D eigenvalue weighted by atomic mass is 16.5. The number of carbonyl (C=O) groups excluding carboxylic acids is 1. The Bertz CT molecular complexity index is 389. The Morgan fingerprint density at radius 3 is 2.65 bits per heavy atom. The van der Waals surface area contributed by atoms with E-state index < -0.39 is 5.91 Å². The van der Waals surface area contributed by atoms with Crippen LogP contribution in [-0.4, -0.2) is 18.6 Å². The first-order valence-electron chi connectivity index (χ1n) is 5.88. The van der Waals surface area contributed by atoms with Gasteiger partial charge in [-0.1, -0.05) is 19.1 Å². The summed E-state index contributed by atoms with van der Waals surface area (Å²) in [5.74, 6) is 1.03. The third-order valence-electron chi connectivity index (χ3n) is 2.98. The van der Waals surface area contributed by atoms with Crippen LogP contribution in [0.5, 0.6) is 5.75 Å². The smallest absolute Gasteiger partial charge is 0.255 e. The maximum Gasteiger partial charge on any atom is 0.255 e. The molecule has 92 valence electrons. The largest absolute Gasteiger partial charge is 0.484 e. The molecule has 0 radical (unpaired) electrons. The Hall–Kier alpha value is -1.55. The van der Waals surface area contributed by atoms with Crippen LogP contribution in [0.2, 0.25) is 0 Å². The minimum Gasteiger partial charge on any atom is -0.484 e. The van der Waals surface area contributed by atoms with Gasteiger partial charge in [-0.15, -0.1) is 0 Å². The van der Waals surface area contributed by atoms with E-state index in [1.54, 1.807) is 0 Å². The van der Waals surface area contributed by atoms with Gasteiger partial charge in [-0.3, -0.25) is 4.79 Å². The molecule has 4 nitrogen and oxygen atoms in total. The Labute approximate surface area is 101 Å². The molecule has 1 aliphatic carbocycles. The zero-order chi connectivity index (χ0) is 12.3. The number of benzene rings is 1. The minimum atomic E-state index is -0.460. The average Bonchev–Trinajstić information content (AvgIpc) is 3.01. The maximum atomic E-state index is 10.5. The third kappa shape index (κ3) is 3.75. The molecule has 1 amide bonds. The molecule has 2 unspecified atom stereocenters. The summed E-state index contributed by atoms with van der Waals surface area (Å²) in [7, 11) is 0. The van der Waals surface area contributed by atoms with Crippen LogP contribution < -0.4 is 15.8 Å². The highest BCUT2D eigenvalue weighted by Gasteiger charge is 2.31. The van der Waals surface area contributed by atoms with Gasteiger partial charge in [0.15, 0.2) is 6.61 Å². The molecule has 1 saturated carbocycles. The van der Waals surface area contributed by atoms with Crippen LogP contribution in [-0.2, 0) is 11.3 Å². The Morgan fingerprint density at radius 1 is 1.47 bits per heavy atom. The molecule has 3 N–H and O–H groups in total. The van der Waals surface area contributed by atoms with Crippen molar-refractivity contribution in [2.75, 3.05) is 6.61 Å². The van der Waals surface area contributed by atoms with E-state index in [0.29, 0.717) is 11.8 Å².